The van der Waals surface area contributed by atoms with E-state index in [9.17, 15) is 19.2 Å². The Morgan fingerprint density at radius 3 is 2.31 bits per heavy atom. The Morgan fingerprint density at radius 1 is 1.10 bits per heavy atom. The van der Waals surface area contributed by atoms with E-state index in [0.717, 1.165) is 32.1 Å². The number of amides is 4. The molecule has 0 spiro atoms. The molecule has 1 saturated heterocycles. The third-order valence-corrected chi connectivity index (χ3v) is 5.82. The first-order valence-corrected chi connectivity index (χ1v) is 10.6. The minimum Gasteiger partial charge on any atom is -0.368 e. The van der Waals surface area contributed by atoms with Crippen molar-refractivity contribution in [2.45, 2.75) is 70.5 Å². The van der Waals surface area contributed by atoms with Crippen LogP contribution in [0.15, 0.2) is 0 Å². The lowest BCUT2D eigenvalue weighted by atomic mass is 9.83. The van der Waals surface area contributed by atoms with Crippen LogP contribution in [0.5, 0.6) is 0 Å². The van der Waals surface area contributed by atoms with Gasteiger partial charge in [0.1, 0.15) is 12.1 Å². The van der Waals surface area contributed by atoms with E-state index in [0.29, 0.717) is 6.42 Å². The smallest absolute Gasteiger partial charge is 0.246 e. The summed E-state index contributed by atoms with van der Waals surface area (Å²) in [5.74, 6) is -1.41. The SMILES string of the molecule is CNCC(=O)NC(C(=O)N1CC(NC(=O)C(C)C)CC1C(N)=O)C1CCCCC1. The molecule has 0 bridgehead atoms. The van der Waals surface area contributed by atoms with Crippen molar-refractivity contribution in [3.63, 3.8) is 0 Å². The molecule has 0 aromatic carbocycles. The van der Waals surface area contributed by atoms with Gasteiger partial charge in [0.2, 0.25) is 23.6 Å². The van der Waals surface area contributed by atoms with Crippen LogP contribution in [0, 0.1) is 11.8 Å². The molecule has 1 heterocycles. The molecule has 1 aliphatic carbocycles. The first kappa shape index (κ1) is 23.1. The summed E-state index contributed by atoms with van der Waals surface area (Å²) in [5.41, 5.74) is 5.56. The number of hydrogen-bond acceptors (Lipinski definition) is 5. The highest BCUT2D eigenvalue weighted by Gasteiger charge is 2.43. The van der Waals surface area contributed by atoms with Gasteiger partial charge in [-0.05, 0) is 32.2 Å². The molecule has 1 saturated carbocycles. The summed E-state index contributed by atoms with van der Waals surface area (Å²) < 4.78 is 0. The summed E-state index contributed by atoms with van der Waals surface area (Å²) in [6.45, 7) is 3.91. The fourth-order valence-electron chi connectivity index (χ4n) is 4.23. The van der Waals surface area contributed by atoms with E-state index in [2.05, 4.69) is 16.0 Å². The number of likely N-dealkylation sites (tertiary alicyclic amines) is 1. The number of primary amides is 1. The molecule has 3 atom stereocenters. The van der Waals surface area contributed by atoms with Crippen LogP contribution in [-0.2, 0) is 19.2 Å². The third kappa shape index (κ3) is 6.16. The lowest BCUT2D eigenvalue weighted by Gasteiger charge is -2.34. The molecular formula is C20H35N5O4. The quantitative estimate of drug-likeness (QED) is 0.429. The Balaban J connectivity index is 2.18. The molecule has 0 radical (unpaired) electrons. The summed E-state index contributed by atoms with van der Waals surface area (Å²) in [6.07, 6.45) is 5.17. The van der Waals surface area contributed by atoms with Crippen LogP contribution in [0.25, 0.3) is 0 Å². The van der Waals surface area contributed by atoms with Crippen molar-refractivity contribution in [1.29, 1.82) is 0 Å². The van der Waals surface area contributed by atoms with Gasteiger partial charge in [0, 0.05) is 18.5 Å². The van der Waals surface area contributed by atoms with Gasteiger partial charge in [0.15, 0.2) is 0 Å². The largest absolute Gasteiger partial charge is 0.368 e. The van der Waals surface area contributed by atoms with Gasteiger partial charge in [-0.25, -0.2) is 0 Å². The van der Waals surface area contributed by atoms with Gasteiger partial charge in [-0.15, -0.1) is 0 Å². The van der Waals surface area contributed by atoms with Crippen molar-refractivity contribution >= 4 is 23.6 Å². The topological polar surface area (TPSA) is 134 Å². The Labute approximate surface area is 172 Å². The highest BCUT2D eigenvalue weighted by atomic mass is 16.2. The van der Waals surface area contributed by atoms with Crippen LogP contribution in [0.4, 0.5) is 0 Å². The van der Waals surface area contributed by atoms with Gasteiger partial charge < -0.3 is 26.6 Å². The van der Waals surface area contributed by atoms with Crippen LogP contribution < -0.4 is 21.7 Å². The van der Waals surface area contributed by atoms with Crippen LogP contribution >= 0.6 is 0 Å². The van der Waals surface area contributed by atoms with E-state index in [-0.39, 0.29) is 48.7 Å². The van der Waals surface area contributed by atoms with Crippen molar-refractivity contribution in [3.8, 4) is 0 Å². The van der Waals surface area contributed by atoms with E-state index >= 15 is 0 Å². The monoisotopic (exact) mass is 409 g/mol. The molecule has 164 valence electrons. The number of nitrogens with zero attached hydrogens (tertiary/aromatic N) is 1. The average molecular weight is 410 g/mol. The van der Waals surface area contributed by atoms with E-state index in [1.54, 1.807) is 20.9 Å². The zero-order valence-electron chi connectivity index (χ0n) is 17.7. The number of carbonyl (C=O) groups excluding carboxylic acids is 4. The van der Waals surface area contributed by atoms with Gasteiger partial charge in [-0.3, -0.25) is 19.2 Å². The highest BCUT2D eigenvalue weighted by molar-refractivity contribution is 5.93. The van der Waals surface area contributed by atoms with Crippen molar-refractivity contribution in [3.05, 3.63) is 0 Å². The molecule has 2 rings (SSSR count). The van der Waals surface area contributed by atoms with Crippen LogP contribution in [0.2, 0.25) is 0 Å². The fraction of sp³-hybridized carbons (Fsp3) is 0.800. The van der Waals surface area contributed by atoms with Gasteiger partial charge in [0.25, 0.3) is 0 Å². The van der Waals surface area contributed by atoms with E-state index < -0.39 is 18.0 Å². The summed E-state index contributed by atoms with van der Waals surface area (Å²) in [5, 5.41) is 8.55. The second-order valence-corrected chi connectivity index (χ2v) is 8.48. The molecule has 1 aliphatic heterocycles. The predicted molar refractivity (Wildman–Crippen MR) is 109 cm³/mol. The molecule has 2 aliphatic rings. The molecule has 4 amide bonds. The molecule has 29 heavy (non-hydrogen) atoms. The Morgan fingerprint density at radius 2 is 1.76 bits per heavy atom. The zero-order valence-corrected chi connectivity index (χ0v) is 17.7. The lowest BCUT2D eigenvalue weighted by molar-refractivity contribution is -0.142. The minimum atomic E-state index is -0.785. The minimum absolute atomic E-state index is 0.0369. The fourth-order valence-corrected chi connectivity index (χ4v) is 4.23. The number of rotatable bonds is 8. The van der Waals surface area contributed by atoms with Crippen molar-refractivity contribution in [2.75, 3.05) is 20.1 Å². The third-order valence-electron chi connectivity index (χ3n) is 5.82. The number of hydrogen-bond donors (Lipinski definition) is 4. The van der Waals surface area contributed by atoms with E-state index in [1.165, 1.54) is 4.90 Å². The Bertz CT molecular complexity index is 618. The maximum absolute atomic E-state index is 13.4. The normalized spacial score (nSPS) is 23.7. The molecule has 9 heteroatoms. The zero-order chi connectivity index (χ0) is 21.6. The second kappa shape index (κ2) is 10.6. The van der Waals surface area contributed by atoms with Gasteiger partial charge in [0.05, 0.1) is 6.54 Å². The summed E-state index contributed by atoms with van der Waals surface area (Å²) >= 11 is 0. The first-order chi connectivity index (χ1) is 13.7. The number of nitrogens with one attached hydrogen (secondary N) is 3. The maximum Gasteiger partial charge on any atom is 0.246 e. The molecule has 9 nitrogen and oxygen atoms in total. The van der Waals surface area contributed by atoms with Crippen LogP contribution in [0.1, 0.15) is 52.4 Å². The van der Waals surface area contributed by atoms with Crippen LogP contribution in [0.3, 0.4) is 0 Å². The summed E-state index contributed by atoms with van der Waals surface area (Å²) in [4.78, 5) is 51.2. The molecule has 2 fully saturated rings. The maximum atomic E-state index is 13.4. The van der Waals surface area contributed by atoms with Crippen molar-refractivity contribution in [1.82, 2.24) is 20.9 Å². The standard InChI is InChI=1S/C20H35N5O4/c1-12(2)19(28)23-14-9-15(18(21)27)25(11-14)20(29)17(24-16(26)10-22-3)13-7-5-4-6-8-13/h12-15,17,22H,4-11H2,1-3H3,(H2,21,27)(H,23,28)(H,24,26). The Kier molecular flexibility index (Phi) is 8.43. The van der Waals surface area contributed by atoms with E-state index in [4.69, 9.17) is 5.73 Å². The lowest BCUT2D eigenvalue weighted by Crippen LogP contribution is -2.56. The van der Waals surface area contributed by atoms with E-state index in [1.807, 2.05) is 0 Å². The van der Waals surface area contributed by atoms with Crippen molar-refractivity contribution in [2.24, 2.45) is 17.6 Å². The molecule has 0 aromatic heterocycles. The molecule has 5 N–H and O–H groups in total. The number of nitrogens with two attached hydrogens (primary N) is 1. The average Bonchev–Trinajstić information content (AvgIpc) is 3.10. The Hall–Kier alpha value is -2.16. The van der Waals surface area contributed by atoms with Gasteiger partial charge in [-0.1, -0.05) is 33.1 Å². The van der Waals surface area contributed by atoms with Crippen molar-refractivity contribution < 1.29 is 19.2 Å². The van der Waals surface area contributed by atoms with Gasteiger partial charge in [-0.2, -0.15) is 0 Å². The molecule has 0 aromatic rings. The van der Waals surface area contributed by atoms with Crippen LogP contribution in [-0.4, -0.2) is 66.8 Å². The predicted octanol–water partition coefficient (Wildman–Crippen LogP) is -0.502. The highest BCUT2D eigenvalue weighted by Crippen LogP contribution is 2.29. The summed E-state index contributed by atoms with van der Waals surface area (Å²) in [7, 11) is 1.67. The van der Waals surface area contributed by atoms with Gasteiger partial charge >= 0.3 is 0 Å². The first-order valence-electron chi connectivity index (χ1n) is 10.6. The number of carbonyl (C=O) groups is 4. The summed E-state index contributed by atoms with van der Waals surface area (Å²) in [6, 6.07) is -1.80. The second-order valence-electron chi connectivity index (χ2n) is 8.48. The molecular weight excluding hydrogens is 374 g/mol. The molecule has 3 unspecified atom stereocenters. The number of likely N-dealkylation sites (N-methyl/N-ethyl adjacent to an activating group) is 1.